The lowest BCUT2D eigenvalue weighted by Gasteiger charge is -2.06. The molecule has 0 saturated carbocycles. The number of rotatable bonds is 4. The van der Waals surface area contributed by atoms with Crippen molar-refractivity contribution < 1.29 is 0 Å². The Hall–Kier alpha value is -0.610. The summed E-state index contributed by atoms with van der Waals surface area (Å²) in [7, 11) is 1.92. The van der Waals surface area contributed by atoms with E-state index in [4.69, 9.17) is 0 Å². The molecule has 1 heterocycles. The fourth-order valence-corrected chi connectivity index (χ4v) is 1.61. The van der Waals surface area contributed by atoms with E-state index < -0.39 is 0 Å². The molecule has 0 spiro atoms. The minimum absolute atomic E-state index is 0.845. The fourth-order valence-electron chi connectivity index (χ4n) is 1.08. The van der Waals surface area contributed by atoms with E-state index in [9.17, 15) is 0 Å². The number of halogens is 1. The first kappa shape index (κ1) is 10.5. The van der Waals surface area contributed by atoms with Gasteiger partial charge in [-0.25, -0.2) is 4.98 Å². The summed E-state index contributed by atoms with van der Waals surface area (Å²) in [6.45, 7) is 3.78. The van der Waals surface area contributed by atoms with Gasteiger partial charge in [0, 0.05) is 19.3 Å². The molecule has 0 radical (unpaired) electrons. The summed E-state index contributed by atoms with van der Waals surface area (Å²) in [6, 6.07) is 2.07. The van der Waals surface area contributed by atoms with Crippen molar-refractivity contribution >= 4 is 21.7 Å². The number of nitrogens with zero attached hydrogens (tertiary/aromatic N) is 1. The molecule has 0 aliphatic rings. The molecule has 0 aliphatic heterocycles. The Morgan fingerprint density at radius 1 is 1.54 bits per heavy atom. The van der Waals surface area contributed by atoms with Crippen molar-refractivity contribution in [2.75, 3.05) is 18.9 Å². The summed E-state index contributed by atoms with van der Waals surface area (Å²) in [5.74, 6) is 0.905. The van der Waals surface area contributed by atoms with Crippen LogP contribution in [0.1, 0.15) is 12.5 Å². The number of hydrogen-bond acceptors (Lipinski definition) is 3. The predicted octanol–water partition coefficient (Wildman–Crippen LogP) is 2.00. The number of anilines is 1. The molecule has 0 bridgehead atoms. The summed E-state index contributed by atoms with van der Waals surface area (Å²) in [6.07, 6.45) is 1.87. The minimum atomic E-state index is 0.845. The highest BCUT2D eigenvalue weighted by Crippen LogP contribution is 2.20. The molecule has 0 aromatic carbocycles. The van der Waals surface area contributed by atoms with E-state index in [0.29, 0.717) is 0 Å². The largest absolute Gasteiger partial charge is 0.369 e. The highest BCUT2D eigenvalue weighted by Gasteiger charge is 2.00. The van der Waals surface area contributed by atoms with Crippen molar-refractivity contribution in [1.82, 2.24) is 10.3 Å². The Morgan fingerprint density at radius 2 is 2.31 bits per heavy atom. The standard InChI is InChI=1S/C9H14BrN3/c1-3-12-9-8(10)4-7(5-11-2)6-13-9/h4,6,11H,3,5H2,1-2H3,(H,12,13). The van der Waals surface area contributed by atoms with Crippen LogP contribution in [-0.2, 0) is 6.54 Å². The van der Waals surface area contributed by atoms with Crippen molar-refractivity contribution in [3.05, 3.63) is 22.3 Å². The highest BCUT2D eigenvalue weighted by molar-refractivity contribution is 9.10. The van der Waals surface area contributed by atoms with Crippen LogP contribution in [0, 0.1) is 0 Å². The van der Waals surface area contributed by atoms with E-state index in [1.165, 1.54) is 5.56 Å². The lowest BCUT2D eigenvalue weighted by molar-refractivity contribution is 0.812. The number of hydrogen-bond donors (Lipinski definition) is 2. The highest BCUT2D eigenvalue weighted by atomic mass is 79.9. The zero-order valence-electron chi connectivity index (χ0n) is 7.89. The molecule has 1 aromatic heterocycles. The van der Waals surface area contributed by atoms with Gasteiger partial charge in [-0.2, -0.15) is 0 Å². The van der Waals surface area contributed by atoms with E-state index in [-0.39, 0.29) is 0 Å². The molecule has 0 unspecified atom stereocenters. The first-order valence-electron chi connectivity index (χ1n) is 4.30. The first-order chi connectivity index (χ1) is 6.27. The van der Waals surface area contributed by atoms with Crippen LogP contribution in [0.15, 0.2) is 16.7 Å². The van der Waals surface area contributed by atoms with Crippen molar-refractivity contribution in [3.63, 3.8) is 0 Å². The van der Waals surface area contributed by atoms with Crippen LogP contribution in [0.2, 0.25) is 0 Å². The van der Waals surface area contributed by atoms with Crippen molar-refractivity contribution in [2.45, 2.75) is 13.5 Å². The van der Waals surface area contributed by atoms with E-state index in [0.717, 1.165) is 23.4 Å². The topological polar surface area (TPSA) is 37.0 Å². The maximum atomic E-state index is 4.29. The van der Waals surface area contributed by atoms with Crippen molar-refractivity contribution in [3.8, 4) is 0 Å². The third kappa shape index (κ3) is 2.97. The average molecular weight is 244 g/mol. The molecule has 0 atom stereocenters. The summed E-state index contributed by atoms with van der Waals surface area (Å²) >= 11 is 3.47. The lowest BCUT2D eigenvalue weighted by atomic mass is 10.3. The molecule has 1 aromatic rings. The second kappa shape index (κ2) is 5.19. The van der Waals surface area contributed by atoms with Crippen LogP contribution in [-0.4, -0.2) is 18.6 Å². The molecule has 4 heteroatoms. The van der Waals surface area contributed by atoms with Crippen LogP contribution in [0.3, 0.4) is 0 Å². The maximum Gasteiger partial charge on any atom is 0.140 e. The van der Waals surface area contributed by atoms with E-state index >= 15 is 0 Å². The Kier molecular flexibility index (Phi) is 4.18. The van der Waals surface area contributed by atoms with Gasteiger partial charge in [0.1, 0.15) is 5.82 Å². The molecule has 0 saturated heterocycles. The third-order valence-electron chi connectivity index (χ3n) is 1.62. The van der Waals surface area contributed by atoms with Gasteiger partial charge in [0.2, 0.25) is 0 Å². The van der Waals surface area contributed by atoms with Gasteiger partial charge >= 0.3 is 0 Å². The van der Waals surface area contributed by atoms with Gasteiger partial charge in [-0.1, -0.05) is 0 Å². The zero-order chi connectivity index (χ0) is 9.68. The molecule has 2 N–H and O–H groups in total. The van der Waals surface area contributed by atoms with Crippen LogP contribution in [0.25, 0.3) is 0 Å². The molecule has 72 valence electrons. The average Bonchev–Trinajstić information content (AvgIpc) is 2.10. The van der Waals surface area contributed by atoms with Crippen LogP contribution >= 0.6 is 15.9 Å². The van der Waals surface area contributed by atoms with Gasteiger partial charge in [0.05, 0.1) is 4.47 Å². The Morgan fingerprint density at radius 3 is 2.85 bits per heavy atom. The Labute approximate surface area is 87.1 Å². The minimum Gasteiger partial charge on any atom is -0.369 e. The lowest BCUT2D eigenvalue weighted by Crippen LogP contribution is -2.06. The van der Waals surface area contributed by atoms with Crippen molar-refractivity contribution in [2.24, 2.45) is 0 Å². The van der Waals surface area contributed by atoms with E-state index in [1.807, 2.05) is 13.2 Å². The van der Waals surface area contributed by atoms with Crippen LogP contribution in [0.5, 0.6) is 0 Å². The van der Waals surface area contributed by atoms with Crippen molar-refractivity contribution in [1.29, 1.82) is 0 Å². The Balaban J connectivity index is 2.79. The first-order valence-corrected chi connectivity index (χ1v) is 5.10. The third-order valence-corrected chi connectivity index (χ3v) is 2.23. The quantitative estimate of drug-likeness (QED) is 0.850. The summed E-state index contributed by atoms with van der Waals surface area (Å²) in [5, 5.41) is 6.25. The number of pyridine rings is 1. The van der Waals surface area contributed by atoms with Gasteiger partial charge in [-0.05, 0) is 41.5 Å². The molecule has 3 nitrogen and oxygen atoms in total. The fraction of sp³-hybridized carbons (Fsp3) is 0.444. The molecule has 0 aliphatic carbocycles. The van der Waals surface area contributed by atoms with E-state index in [2.05, 4.69) is 44.5 Å². The molecule has 13 heavy (non-hydrogen) atoms. The number of aromatic nitrogens is 1. The summed E-state index contributed by atoms with van der Waals surface area (Å²) in [5.41, 5.74) is 1.18. The predicted molar refractivity (Wildman–Crippen MR) is 58.9 cm³/mol. The second-order valence-electron chi connectivity index (χ2n) is 2.73. The van der Waals surface area contributed by atoms with Gasteiger partial charge in [0.25, 0.3) is 0 Å². The SMILES string of the molecule is CCNc1ncc(CNC)cc1Br. The van der Waals surface area contributed by atoms with Gasteiger partial charge in [-0.3, -0.25) is 0 Å². The molecule has 0 amide bonds. The number of nitrogens with one attached hydrogen (secondary N) is 2. The van der Waals surface area contributed by atoms with Crippen LogP contribution < -0.4 is 10.6 Å². The summed E-state index contributed by atoms with van der Waals surface area (Å²) < 4.78 is 1.02. The zero-order valence-corrected chi connectivity index (χ0v) is 9.48. The molecule has 1 rings (SSSR count). The Bertz CT molecular complexity index is 276. The second-order valence-corrected chi connectivity index (χ2v) is 3.59. The normalized spacial score (nSPS) is 10.1. The molecular formula is C9H14BrN3. The smallest absolute Gasteiger partial charge is 0.140 e. The maximum absolute atomic E-state index is 4.29. The summed E-state index contributed by atoms with van der Waals surface area (Å²) in [4.78, 5) is 4.29. The monoisotopic (exact) mass is 243 g/mol. The van der Waals surface area contributed by atoms with E-state index in [1.54, 1.807) is 0 Å². The molecule has 0 fully saturated rings. The van der Waals surface area contributed by atoms with Gasteiger partial charge < -0.3 is 10.6 Å². The van der Waals surface area contributed by atoms with Gasteiger partial charge in [-0.15, -0.1) is 0 Å². The van der Waals surface area contributed by atoms with Gasteiger partial charge in [0.15, 0.2) is 0 Å². The van der Waals surface area contributed by atoms with Crippen LogP contribution in [0.4, 0.5) is 5.82 Å². The molecular weight excluding hydrogens is 230 g/mol.